The van der Waals surface area contributed by atoms with E-state index in [1.807, 2.05) is 18.2 Å². The Morgan fingerprint density at radius 3 is 2.64 bits per heavy atom. The van der Waals surface area contributed by atoms with Crippen LogP contribution in [0.25, 0.3) is 0 Å². The van der Waals surface area contributed by atoms with Crippen molar-refractivity contribution in [3.63, 3.8) is 0 Å². The third-order valence-corrected chi connectivity index (χ3v) is 5.77. The molecular weight excluding hydrogens is 381 g/mol. The monoisotopic (exact) mass is 401 g/mol. The second kappa shape index (κ2) is 7.89. The van der Waals surface area contributed by atoms with Crippen molar-refractivity contribution in [2.75, 3.05) is 29.9 Å². The number of likely N-dealkylation sites (tertiary alicyclic amines) is 1. The zero-order valence-corrected chi connectivity index (χ0v) is 16.1. The van der Waals surface area contributed by atoms with Gasteiger partial charge in [0, 0.05) is 23.0 Å². The van der Waals surface area contributed by atoms with Gasteiger partial charge < -0.3 is 10.2 Å². The van der Waals surface area contributed by atoms with Gasteiger partial charge in [0.15, 0.2) is 0 Å². The average molecular weight is 402 g/mol. The summed E-state index contributed by atoms with van der Waals surface area (Å²) in [6.45, 7) is 1.84. The molecule has 2 amide bonds. The van der Waals surface area contributed by atoms with Crippen LogP contribution in [0.4, 0.5) is 15.8 Å². The third kappa shape index (κ3) is 3.75. The molecule has 7 heteroatoms. The molecule has 146 valence electrons. The number of halogens is 2. The normalized spacial score (nSPS) is 17.9. The highest BCUT2D eigenvalue weighted by Gasteiger charge is 2.33. The molecule has 0 aliphatic carbocycles. The van der Waals surface area contributed by atoms with Gasteiger partial charge in [-0.1, -0.05) is 29.8 Å². The van der Waals surface area contributed by atoms with E-state index in [0.29, 0.717) is 48.7 Å². The molecule has 0 radical (unpaired) electrons. The summed E-state index contributed by atoms with van der Waals surface area (Å²) in [4.78, 5) is 28.8. The third-order valence-electron chi connectivity index (χ3n) is 5.42. The van der Waals surface area contributed by atoms with Gasteiger partial charge in [-0.25, -0.2) is 4.39 Å². The van der Waals surface area contributed by atoms with E-state index in [4.69, 9.17) is 11.6 Å². The molecule has 0 spiro atoms. The van der Waals surface area contributed by atoms with E-state index in [0.717, 1.165) is 5.69 Å². The number of carbonyl (C=O) groups excluding carboxylic acids is 2. The van der Waals surface area contributed by atoms with Crippen molar-refractivity contribution in [2.45, 2.75) is 19.4 Å². The largest absolute Gasteiger partial charge is 0.323 e. The van der Waals surface area contributed by atoms with Crippen molar-refractivity contribution < 1.29 is 14.0 Å². The summed E-state index contributed by atoms with van der Waals surface area (Å²) >= 11 is 6.13. The number of carbonyl (C=O) groups is 2. The molecule has 1 fully saturated rings. The summed E-state index contributed by atoms with van der Waals surface area (Å²) in [5.41, 5.74) is 1.90. The Balaban J connectivity index is 1.42. The van der Waals surface area contributed by atoms with E-state index in [9.17, 15) is 14.0 Å². The van der Waals surface area contributed by atoms with Crippen molar-refractivity contribution >= 4 is 34.8 Å². The predicted octanol–water partition coefficient (Wildman–Crippen LogP) is 3.68. The van der Waals surface area contributed by atoms with Gasteiger partial charge in [-0.3, -0.25) is 14.5 Å². The summed E-state index contributed by atoms with van der Waals surface area (Å²) in [5.74, 6) is -0.655. The van der Waals surface area contributed by atoms with E-state index >= 15 is 0 Å². The fourth-order valence-corrected chi connectivity index (χ4v) is 4.12. The first-order valence-corrected chi connectivity index (χ1v) is 9.76. The molecule has 28 heavy (non-hydrogen) atoms. The van der Waals surface area contributed by atoms with Crippen molar-refractivity contribution in [3.8, 4) is 0 Å². The SMILES string of the molecule is O=C1CN(C(=O)C2CCN(Cc3c(F)cccc3Cl)CC2)c2ccccc2N1. The van der Waals surface area contributed by atoms with Gasteiger partial charge in [0.25, 0.3) is 0 Å². The number of fused-ring (bicyclic) bond motifs is 1. The zero-order valence-electron chi connectivity index (χ0n) is 15.3. The van der Waals surface area contributed by atoms with Gasteiger partial charge in [0.2, 0.25) is 11.8 Å². The summed E-state index contributed by atoms with van der Waals surface area (Å²) in [6.07, 6.45) is 1.34. The molecule has 1 saturated heterocycles. The second-order valence-electron chi connectivity index (χ2n) is 7.24. The number of anilines is 2. The molecule has 2 heterocycles. The standard InChI is InChI=1S/C21H21ClFN3O2/c22-16-4-3-5-17(23)15(16)12-25-10-8-14(9-11-25)21(28)26-13-20(27)24-18-6-1-2-7-19(18)26/h1-7,14H,8-13H2,(H,24,27). The number of hydrogen-bond donors (Lipinski definition) is 1. The van der Waals surface area contributed by atoms with Crippen LogP contribution in [0.15, 0.2) is 42.5 Å². The van der Waals surface area contributed by atoms with Gasteiger partial charge in [0.1, 0.15) is 12.4 Å². The Hall–Kier alpha value is -2.44. The van der Waals surface area contributed by atoms with E-state index < -0.39 is 0 Å². The quantitative estimate of drug-likeness (QED) is 0.853. The first-order valence-electron chi connectivity index (χ1n) is 9.38. The zero-order chi connectivity index (χ0) is 19.7. The molecule has 5 nitrogen and oxygen atoms in total. The lowest BCUT2D eigenvalue weighted by molar-refractivity contribution is -0.125. The van der Waals surface area contributed by atoms with E-state index in [2.05, 4.69) is 10.2 Å². The molecule has 2 aliphatic heterocycles. The molecule has 2 aromatic carbocycles. The fourth-order valence-electron chi connectivity index (χ4n) is 3.90. The number of amides is 2. The van der Waals surface area contributed by atoms with E-state index in [-0.39, 0.29) is 30.1 Å². The van der Waals surface area contributed by atoms with Crippen LogP contribution in [-0.2, 0) is 16.1 Å². The molecule has 1 N–H and O–H groups in total. The van der Waals surface area contributed by atoms with Crippen LogP contribution in [0.3, 0.4) is 0 Å². The lowest BCUT2D eigenvalue weighted by Crippen LogP contribution is -2.47. The van der Waals surface area contributed by atoms with Crippen LogP contribution in [0.1, 0.15) is 18.4 Å². The Bertz CT molecular complexity index is 892. The number of para-hydroxylation sites is 2. The topological polar surface area (TPSA) is 52.7 Å². The van der Waals surface area contributed by atoms with Crippen LogP contribution in [0.5, 0.6) is 0 Å². The van der Waals surface area contributed by atoms with Gasteiger partial charge >= 0.3 is 0 Å². The minimum absolute atomic E-state index is 0.0223. The molecular formula is C21H21ClFN3O2. The van der Waals surface area contributed by atoms with Crippen LogP contribution in [0.2, 0.25) is 5.02 Å². The van der Waals surface area contributed by atoms with Crippen molar-refractivity contribution in [3.05, 3.63) is 58.9 Å². The molecule has 0 unspecified atom stereocenters. The highest BCUT2D eigenvalue weighted by atomic mass is 35.5. The second-order valence-corrected chi connectivity index (χ2v) is 7.65. The lowest BCUT2D eigenvalue weighted by atomic mass is 9.94. The summed E-state index contributed by atoms with van der Waals surface area (Å²) in [5, 5.41) is 3.23. The maximum absolute atomic E-state index is 14.0. The van der Waals surface area contributed by atoms with Gasteiger partial charge in [-0.05, 0) is 50.2 Å². The molecule has 0 aromatic heterocycles. The van der Waals surface area contributed by atoms with Crippen LogP contribution < -0.4 is 10.2 Å². The molecule has 0 bridgehead atoms. The number of hydrogen-bond acceptors (Lipinski definition) is 3. The van der Waals surface area contributed by atoms with Gasteiger partial charge in [-0.2, -0.15) is 0 Å². The maximum atomic E-state index is 14.0. The van der Waals surface area contributed by atoms with Crippen molar-refractivity contribution in [1.82, 2.24) is 4.90 Å². The Kier molecular flexibility index (Phi) is 5.33. The summed E-state index contributed by atoms with van der Waals surface area (Å²) in [7, 11) is 0. The van der Waals surface area contributed by atoms with Crippen LogP contribution in [-0.4, -0.2) is 36.3 Å². The van der Waals surface area contributed by atoms with Crippen LogP contribution >= 0.6 is 11.6 Å². The first-order chi connectivity index (χ1) is 13.5. The fraction of sp³-hybridized carbons (Fsp3) is 0.333. The highest BCUT2D eigenvalue weighted by Crippen LogP contribution is 2.32. The first kappa shape index (κ1) is 18.9. The lowest BCUT2D eigenvalue weighted by Gasteiger charge is -2.36. The Morgan fingerprint density at radius 1 is 1.14 bits per heavy atom. The van der Waals surface area contributed by atoms with E-state index in [1.165, 1.54) is 6.07 Å². The van der Waals surface area contributed by atoms with Crippen molar-refractivity contribution in [2.24, 2.45) is 5.92 Å². The average Bonchev–Trinajstić information content (AvgIpc) is 2.70. The molecule has 2 aromatic rings. The predicted molar refractivity (Wildman–Crippen MR) is 107 cm³/mol. The molecule has 2 aliphatic rings. The number of rotatable bonds is 3. The number of benzene rings is 2. The number of nitrogens with one attached hydrogen (secondary N) is 1. The molecule has 4 rings (SSSR count). The number of nitrogens with zero attached hydrogens (tertiary/aromatic N) is 2. The molecule has 0 atom stereocenters. The number of piperidine rings is 1. The van der Waals surface area contributed by atoms with Crippen molar-refractivity contribution in [1.29, 1.82) is 0 Å². The van der Waals surface area contributed by atoms with Gasteiger partial charge in [0.05, 0.1) is 11.4 Å². The van der Waals surface area contributed by atoms with Crippen LogP contribution in [0, 0.1) is 11.7 Å². The summed E-state index contributed by atoms with van der Waals surface area (Å²) in [6, 6.07) is 12.0. The minimum atomic E-state index is -0.304. The maximum Gasteiger partial charge on any atom is 0.244 e. The Labute approximate surface area is 168 Å². The minimum Gasteiger partial charge on any atom is -0.323 e. The molecule has 0 saturated carbocycles. The smallest absolute Gasteiger partial charge is 0.244 e. The summed E-state index contributed by atoms with van der Waals surface area (Å²) < 4.78 is 14.0. The van der Waals surface area contributed by atoms with E-state index in [1.54, 1.807) is 23.1 Å². The Morgan fingerprint density at radius 2 is 1.89 bits per heavy atom. The highest BCUT2D eigenvalue weighted by molar-refractivity contribution is 6.31. The van der Waals surface area contributed by atoms with Gasteiger partial charge in [-0.15, -0.1) is 0 Å².